The van der Waals surface area contributed by atoms with Crippen LogP contribution < -0.4 is 10.6 Å². The van der Waals surface area contributed by atoms with Crippen LogP contribution in [0.1, 0.15) is 11.1 Å². The number of para-hydroxylation sites is 1. The van der Waals surface area contributed by atoms with Gasteiger partial charge in [0, 0.05) is 12.1 Å². The lowest BCUT2D eigenvalue weighted by Crippen LogP contribution is -2.33. The van der Waals surface area contributed by atoms with E-state index in [1.807, 2.05) is 31.2 Å². The van der Waals surface area contributed by atoms with Crippen molar-refractivity contribution in [2.75, 3.05) is 10.6 Å². The Kier molecular flexibility index (Phi) is 3.74. The number of aromatic nitrogens is 1. The van der Waals surface area contributed by atoms with Gasteiger partial charge in [-0.15, -0.1) is 0 Å². The van der Waals surface area contributed by atoms with Crippen LogP contribution in [-0.4, -0.2) is 16.9 Å². The number of nitrogens with zero attached hydrogens (tertiary/aromatic N) is 1. The lowest BCUT2D eigenvalue weighted by atomic mass is 10.1. The molecule has 108 valence electrons. The summed E-state index contributed by atoms with van der Waals surface area (Å²) in [5.41, 5.74) is 3.41. The van der Waals surface area contributed by atoms with Crippen molar-refractivity contribution in [1.29, 1.82) is 0 Å². The highest BCUT2D eigenvalue weighted by Gasteiger charge is 2.27. The summed E-state index contributed by atoms with van der Waals surface area (Å²) < 4.78 is 0. The third-order valence-corrected chi connectivity index (χ3v) is 3.94. The molecule has 1 aliphatic rings. The first-order valence-electron chi connectivity index (χ1n) is 6.52. The van der Waals surface area contributed by atoms with Crippen LogP contribution in [-0.2, 0) is 11.2 Å². The lowest BCUT2D eigenvalue weighted by Gasteiger charge is -2.14. The molecule has 4 nitrogen and oxygen atoms in total. The number of hydrogen-bond donors (Lipinski definition) is 2. The number of pyridine rings is 1. The Labute approximate surface area is 132 Å². The van der Waals surface area contributed by atoms with E-state index in [1.54, 1.807) is 6.07 Å². The van der Waals surface area contributed by atoms with Crippen molar-refractivity contribution >= 4 is 40.5 Å². The largest absolute Gasteiger partial charge is 0.373 e. The zero-order chi connectivity index (χ0) is 15.0. The predicted octanol–water partition coefficient (Wildman–Crippen LogP) is 3.67. The van der Waals surface area contributed by atoms with E-state index in [1.165, 1.54) is 0 Å². The second-order valence-electron chi connectivity index (χ2n) is 4.98. The first-order valence-corrected chi connectivity index (χ1v) is 7.28. The molecule has 3 rings (SSSR count). The summed E-state index contributed by atoms with van der Waals surface area (Å²) in [7, 11) is 0. The van der Waals surface area contributed by atoms with Gasteiger partial charge in [-0.25, -0.2) is 4.98 Å². The van der Waals surface area contributed by atoms with Crippen LogP contribution in [0.5, 0.6) is 0 Å². The standard InChI is InChI=1S/C15H13Cl2N3O/c1-8-6-12(16)19-14(17)13(8)20-15(21)11-7-9-4-2-3-5-10(9)18-11/h2-6,11,18H,7H2,1H3,(H,20,21). The quantitative estimate of drug-likeness (QED) is 0.830. The molecule has 1 aromatic heterocycles. The molecule has 1 atom stereocenters. The Morgan fingerprint density at radius 1 is 1.38 bits per heavy atom. The maximum absolute atomic E-state index is 12.4. The first kappa shape index (κ1) is 14.2. The molecule has 1 unspecified atom stereocenters. The Bertz CT molecular complexity index is 670. The molecular weight excluding hydrogens is 309 g/mol. The third kappa shape index (κ3) is 2.82. The van der Waals surface area contributed by atoms with Gasteiger partial charge >= 0.3 is 0 Å². The summed E-state index contributed by atoms with van der Waals surface area (Å²) in [6.07, 6.45) is 0.652. The van der Waals surface area contributed by atoms with E-state index >= 15 is 0 Å². The van der Waals surface area contributed by atoms with Crippen LogP contribution in [0.3, 0.4) is 0 Å². The minimum absolute atomic E-state index is 0.139. The molecule has 0 radical (unpaired) electrons. The number of carbonyl (C=O) groups excluding carboxylic acids is 1. The van der Waals surface area contributed by atoms with Crippen LogP contribution in [0.2, 0.25) is 10.3 Å². The molecule has 0 aliphatic carbocycles. The number of carbonyl (C=O) groups is 1. The van der Waals surface area contributed by atoms with Crippen LogP contribution in [0.4, 0.5) is 11.4 Å². The molecule has 0 bridgehead atoms. The Morgan fingerprint density at radius 3 is 2.86 bits per heavy atom. The van der Waals surface area contributed by atoms with E-state index in [0.29, 0.717) is 17.3 Å². The fourth-order valence-electron chi connectivity index (χ4n) is 2.41. The topological polar surface area (TPSA) is 54.0 Å². The highest BCUT2D eigenvalue weighted by atomic mass is 35.5. The van der Waals surface area contributed by atoms with Crippen molar-refractivity contribution in [3.63, 3.8) is 0 Å². The van der Waals surface area contributed by atoms with Crippen LogP contribution in [0.15, 0.2) is 30.3 Å². The monoisotopic (exact) mass is 321 g/mol. The average Bonchev–Trinajstić information content (AvgIpc) is 2.86. The molecule has 2 N–H and O–H groups in total. The van der Waals surface area contributed by atoms with Gasteiger partial charge in [-0.1, -0.05) is 41.4 Å². The Hall–Kier alpha value is -1.78. The predicted molar refractivity (Wildman–Crippen MR) is 85.2 cm³/mol. The third-order valence-electron chi connectivity index (χ3n) is 3.48. The molecule has 1 aliphatic heterocycles. The number of anilines is 2. The highest BCUT2D eigenvalue weighted by molar-refractivity contribution is 6.34. The second-order valence-corrected chi connectivity index (χ2v) is 5.72. The lowest BCUT2D eigenvalue weighted by molar-refractivity contribution is -0.116. The molecule has 1 aromatic carbocycles. The van der Waals surface area contributed by atoms with Crippen LogP contribution >= 0.6 is 23.2 Å². The average molecular weight is 322 g/mol. The summed E-state index contributed by atoms with van der Waals surface area (Å²) in [5.74, 6) is -0.139. The van der Waals surface area contributed by atoms with Gasteiger partial charge in [-0.3, -0.25) is 4.79 Å². The van der Waals surface area contributed by atoms with Gasteiger partial charge in [-0.05, 0) is 30.2 Å². The Balaban J connectivity index is 1.77. The minimum Gasteiger partial charge on any atom is -0.373 e. The fourth-order valence-corrected chi connectivity index (χ4v) is 2.99. The van der Waals surface area contributed by atoms with E-state index in [4.69, 9.17) is 23.2 Å². The van der Waals surface area contributed by atoms with Gasteiger partial charge in [0.05, 0.1) is 5.69 Å². The normalized spacial score (nSPS) is 16.2. The maximum Gasteiger partial charge on any atom is 0.247 e. The molecule has 2 heterocycles. The first-order chi connectivity index (χ1) is 10.0. The number of fused-ring (bicyclic) bond motifs is 1. The smallest absolute Gasteiger partial charge is 0.247 e. The summed E-state index contributed by atoms with van der Waals surface area (Å²) in [5, 5.41) is 6.54. The van der Waals surface area contributed by atoms with E-state index in [-0.39, 0.29) is 17.1 Å². The minimum atomic E-state index is -0.312. The number of nitrogens with one attached hydrogen (secondary N) is 2. The second kappa shape index (κ2) is 5.54. The van der Waals surface area contributed by atoms with E-state index in [0.717, 1.165) is 16.8 Å². The number of amides is 1. The van der Waals surface area contributed by atoms with Crippen LogP contribution in [0.25, 0.3) is 0 Å². The SMILES string of the molecule is Cc1cc(Cl)nc(Cl)c1NC(=O)C1Cc2ccccc2N1. The van der Waals surface area contributed by atoms with Crippen molar-refractivity contribution in [3.8, 4) is 0 Å². The fraction of sp³-hybridized carbons (Fsp3) is 0.200. The number of hydrogen-bond acceptors (Lipinski definition) is 3. The van der Waals surface area contributed by atoms with Crippen molar-refractivity contribution in [1.82, 2.24) is 4.98 Å². The maximum atomic E-state index is 12.4. The highest BCUT2D eigenvalue weighted by Crippen LogP contribution is 2.29. The van der Waals surface area contributed by atoms with E-state index in [9.17, 15) is 4.79 Å². The molecule has 2 aromatic rings. The zero-order valence-electron chi connectivity index (χ0n) is 11.3. The zero-order valence-corrected chi connectivity index (χ0v) is 12.8. The summed E-state index contributed by atoms with van der Waals surface area (Å²) in [4.78, 5) is 16.3. The summed E-state index contributed by atoms with van der Waals surface area (Å²) in [6, 6.07) is 9.23. The van der Waals surface area contributed by atoms with Gasteiger partial charge in [0.2, 0.25) is 5.91 Å². The molecule has 1 amide bonds. The molecule has 0 fully saturated rings. The number of rotatable bonds is 2. The van der Waals surface area contributed by atoms with Crippen molar-refractivity contribution in [2.45, 2.75) is 19.4 Å². The van der Waals surface area contributed by atoms with Crippen molar-refractivity contribution < 1.29 is 4.79 Å². The molecule has 6 heteroatoms. The van der Waals surface area contributed by atoms with Gasteiger partial charge in [0.25, 0.3) is 0 Å². The van der Waals surface area contributed by atoms with Gasteiger partial charge in [0.1, 0.15) is 11.2 Å². The Morgan fingerprint density at radius 2 is 2.14 bits per heavy atom. The molecule has 0 saturated carbocycles. The number of benzene rings is 1. The van der Waals surface area contributed by atoms with Crippen molar-refractivity contribution in [2.24, 2.45) is 0 Å². The van der Waals surface area contributed by atoms with Crippen molar-refractivity contribution in [3.05, 3.63) is 51.8 Å². The van der Waals surface area contributed by atoms with Crippen LogP contribution in [0, 0.1) is 6.92 Å². The number of aryl methyl sites for hydroxylation is 1. The van der Waals surface area contributed by atoms with Gasteiger partial charge in [0.15, 0.2) is 5.15 Å². The molecule has 0 spiro atoms. The van der Waals surface area contributed by atoms with Gasteiger partial charge in [-0.2, -0.15) is 0 Å². The molecule has 0 saturated heterocycles. The molecule has 21 heavy (non-hydrogen) atoms. The van der Waals surface area contributed by atoms with E-state index in [2.05, 4.69) is 15.6 Å². The summed E-state index contributed by atoms with van der Waals surface area (Å²) in [6.45, 7) is 1.83. The van der Waals surface area contributed by atoms with Gasteiger partial charge < -0.3 is 10.6 Å². The van der Waals surface area contributed by atoms with E-state index < -0.39 is 0 Å². The number of halogens is 2. The molecular formula is C15H13Cl2N3O. The summed E-state index contributed by atoms with van der Waals surface area (Å²) >= 11 is 11.9.